The van der Waals surface area contributed by atoms with Crippen LogP contribution in [0.5, 0.6) is 11.5 Å². The van der Waals surface area contributed by atoms with Gasteiger partial charge in [-0.2, -0.15) is 4.72 Å². The summed E-state index contributed by atoms with van der Waals surface area (Å²) in [7, 11) is -4.03. The molecule has 2 aromatic rings. The number of nitrogens with two attached hydrogens (primary N) is 1. The molecule has 10 heteroatoms. The summed E-state index contributed by atoms with van der Waals surface area (Å²) in [5.41, 5.74) is 6.22. The zero-order valence-corrected chi connectivity index (χ0v) is 18.9. The first-order valence-corrected chi connectivity index (χ1v) is 12.4. The fourth-order valence-corrected chi connectivity index (χ4v) is 5.28. The van der Waals surface area contributed by atoms with E-state index in [4.69, 9.17) is 15.2 Å². The molecule has 9 nitrogen and oxygen atoms in total. The number of carbonyl (C=O) groups is 2. The van der Waals surface area contributed by atoms with Gasteiger partial charge in [0.15, 0.2) is 11.5 Å². The van der Waals surface area contributed by atoms with Crippen LogP contribution < -0.4 is 19.9 Å². The average Bonchev–Trinajstić information content (AvgIpc) is 2.83. The van der Waals surface area contributed by atoms with E-state index in [0.717, 1.165) is 5.56 Å². The molecule has 0 radical (unpaired) electrons. The van der Waals surface area contributed by atoms with Crippen LogP contribution in [0.15, 0.2) is 53.4 Å². The summed E-state index contributed by atoms with van der Waals surface area (Å²) in [5, 5.41) is 0. The normalized spacial score (nSPS) is 17.4. The first-order chi connectivity index (χ1) is 15.8. The Morgan fingerprint density at radius 1 is 1.03 bits per heavy atom. The fourth-order valence-electron chi connectivity index (χ4n) is 4.08. The zero-order valence-electron chi connectivity index (χ0n) is 18.1. The van der Waals surface area contributed by atoms with Crippen LogP contribution >= 0.6 is 0 Å². The minimum Gasteiger partial charge on any atom is -0.486 e. The molecule has 0 spiro atoms. The number of likely N-dealkylation sites (tertiary alicyclic amines) is 1. The highest BCUT2D eigenvalue weighted by atomic mass is 32.2. The minimum atomic E-state index is -4.03. The van der Waals surface area contributed by atoms with E-state index in [9.17, 15) is 18.0 Å². The van der Waals surface area contributed by atoms with Crippen molar-refractivity contribution in [3.8, 4) is 11.5 Å². The highest BCUT2D eigenvalue weighted by Gasteiger charge is 2.33. The highest BCUT2D eigenvalue weighted by Crippen LogP contribution is 2.32. The smallest absolute Gasteiger partial charge is 0.241 e. The van der Waals surface area contributed by atoms with Crippen molar-refractivity contribution in [1.29, 1.82) is 0 Å². The molecule has 33 heavy (non-hydrogen) atoms. The molecule has 0 bridgehead atoms. The molecular weight excluding hydrogens is 446 g/mol. The number of rotatable bonds is 7. The monoisotopic (exact) mass is 473 g/mol. The first kappa shape index (κ1) is 23.1. The Kier molecular flexibility index (Phi) is 6.85. The van der Waals surface area contributed by atoms with Gasteiger partial charge in [0, 0.05) is 25.1 Å². The quantitative estimate of drug-likeness (QED) is 0.619. The van der Waals surface area contributed by atoms with E-state index in [1.807, 2.05) is 30.3 Å². The third kappa shape index (κ3) is 5.45. The number of hydrogen-bond acceptors (Lipinski definition) is 6. The molecule has 176 valence electrons. The second-order valence-electron chi connectivity index (χ2n) is 8.17. The van der Waals surface area contributed by atoms with E-state index >= 15 is 0 Å². The van der Waals surface area contributed by atoms with Crippen molar-refractivity contribution in [2.45, 2.75) is 30.2 Å². The number of carbonyl (C=O) groups excluding carboxylic acids is 2. The molecule has 2 aliphatic rings. The van der Waals surface area contributed by atoms with Gasteiger partial charge in [0.05, 0.1) is 4.90 Å². The van der Waals surface area contributed by atoms with Gasteiger partial charge in [0.1, 0.15) is 19.3 Å². The number of benzene rings is 2. The molecule has 2 amide bonds. The largest absolute Gasteiger partial charge is 0.486 e. The summed E-state index contributed by atoms with van der Waals surface area (Å²) in [5.74, 6) is -0.140. The highest BCUT2D eigenvalue weighted by molar-refractivity contribution is 7.89. The maximum atomic E-state index is 13.4. The minimum absolute atomic E-state index is 0.00921. The van der Waals surface area contributed by atoms with E-state index in [1.54, 1.807) is 11.0 Å². The average molecular weight is 474 g/mol. The second kappa shape index (κ2) is 9.80. The Balaban J connectivity index is 1.55. The van der Waals surface area contributed by atoms with Crippen LogP contribution in [0.2, 0.25) is 0 Å². The Morgan fingerprint density at radius 3 is 2.36 bits per heavy atom. The summed E-state index contributed by atoms with van der Waals surface area (Å²) < 4.78 is 40.0. The van der Waals surface area contributed by atoms with Crippen LogP contribution in [0.4, 0.5) is 0 Å². The van der Waals surface area contributed by atoms with Crippen molar-refractivity contribution in [2.75, 3.05) is 26.3 Å². The van der Waals surface area contributed by atoms with Gasteiger partial charge in [0.25, 0.3) is 0 Å². The van der Waals surface area contributed by atoms with Gasteiger partial charge < -0.3 is 20.1 Å². The summed E-state index contributed by atoms with van der Waals surface area (Å²) in [6, 6.07) is 12.6. The number of fused-ring (bicyclic) bond motifs is 1. The number of primary amides is 1. The van der Waals surface area contributed by atoms with E-state index in [-0.39, 0.29) is 29.0 Å². The Labute approximate surface area is 192 Å². The number of sulfonamides is 1. The standard InChI is InChI=1S/C23H27N3O6S/c24-22(27)17-8-10-26(11-9-17)23(28)19(14-16-4-2-1-3-5-16)25-33(29,30)18-6-7-20-21(15-18)32-13-12-31-20/h1-7,15,17,19,25H,8-14H2,(H2,24,27)/t19-/m1/s1. The van der Waals surface area contributed by atoms with Crippen molar-refractivity contribution in [3.63, 3.8) is 0 Å². The number of piperidine rings is 1. The van der Waals surface area contributed by atoms with Crippen molar-refractivity contribution < 1.29 is 27.5 Å². The van der Waals surface area contributed by atoms with Crippen LogP contribution in [-0.2, 0) is 26.0 Å². The number of ether oxygens (including phenoxy) is 2. The fraction of sp³-hybridized carbons (Fsp3) is 0.391. The SMILES string of the molecule is NC(=O)C1CCN(C(=O)[C@@H](Cc2ccccc2)NS(=O)(=O)c2ccc3c(c2)OCCO3)CC1. The van der Waals surface area contributed by atoms with Crippen molar-refractivity contribution in [2.24, 2.45) is 11.7 Å². The lowest BCUT2D eigenvalue weighted by molar-refractivity contribution is -0.136. The molecule has 0 saturated carbocycles. The van der Waals surface area contributed by atoms with E-state index < -0.39 is 16.1 Å². The zero-order chi connectivity index (χ0) is 23.4. The number of hydrogen-bond donors (Lipinski definition) is 2. The van der Waals surface area contributed by atoms with Gasteiger partial charge in [-0.25, -0.2) is 8.42 Å². The van der Waals surface area contributed by atoms with Crippen molar-refractivity contribution in [3.05, 3.63) is 54.1 Å². The topological polar surface area (TPSA) is 128 Å². The van der Waals surface area contributed by atoms with E-state index in [0.29, 0.717) is 50.6 Å². The maximum absolute atomic E-state index is 13.4. The van der Waals surface area contributed by atoms with Crippen molar-refractivity contribution in [1.82, 2.24) is 9.62 Å². The molecule has 2 aromatic carbocycles. The molecule has 0 aromatic heterocycles. The lowest BCUT2D eigenvalue weighted by atomic mass is 9.95. The Morgan fingerprint density at radius 2 is 1.70 bits per heavy atom. The lowest BCUT2D eigenvalue weighted by Gasteiger charge is -2.33. The van der Waals surface area contributed by atoms with Gasteiger partial charge >= 0.3 is 0 Å². The maximum Gasteiger partial charge on any atom is 0.241 e. The molecule has 0 aliphatic carbocycles. The molecule has 1 saturated heterocycles. The van der Waals surface area contributed by atoms with E-state index in [1.165, 1.54) is 12.1 Å². The predicted molar refractivity (Wildman–Crippen MR) is 120 cm³/mol. The summed E-state index contributed by atoms with van der Waals surface area (Å²) in [6.45, 7) is 1.44. The molecule has 2 heterocycles. The Hall–Kier alpha value is -3.11. The third-order valence-electron chi connectivity index (χ3n) is 5.91. The summed E-state index contributed by atoms with van der Waals surface area (Å²) >= 11 is 0. The Bertz CT molecular complexity index is 1110. The van der Waals surface area contributed by atoms with Crippen LogP contribution in [-0.4, -0.2) is 57.5 Å². The second-order valence-corrected chi connectivity index (χ2v) is 9.88. The first-order valence-electron chi connectivity index (χ1n) is 10.9. The lowest BCUT2D eigenvalue weighted by Crippen LogP contribution is -2.52. The number of nitrogens with zero attached hydrogens (tertiary/aromatic N) is 1. The molecule has 4 rings (SSSR count). The summed E-state index contributed by atoms with van der Waals surface area (Å²) in [6.07, 6.45) is 1.13. The molecule has 3 N–H and O–H groups in total. The number of nitrogens with one attached hydrogen (secondary N) is 1. The summed E-state index contributed by atoms with van der Waals surface area (Å²) in [4.78, 5) is 26.4. The van der Waals surface area contributed by atoms with Gasteiger partial charge in [-0.3, -0.25) is 9.59 Å². The van der Waals surface area contributed by atoms with E-state index in [2.05, 4.69) is 4.72 Å². The molecule has 1 fully saturated rings. The van der Waals surface area contributed by atoms with Crippen LogP contribution in [0.3, 0.4) is 0 Å². The van der Waals surface area contributed by atoms with Crippen LogP contribution in [0, 0.1) is 5.92 Å². The van der Waals surface area contributed by atoms with Gasteiger partial charge in [0.2, 0.25) is 21.8 Å². The van der Waals surface area contributed by atoms with Crippen LogP contribution in [0.25, 0.3) is 0 Å². The molecular formula is C23H27N3O6S. The molecule has 1 atom stereocenters. The van der Waals surface area contributed by atoms with Gasteiger partial charge in [-0.1, -0.05) is 30.3 Å². The third-order valence-corrected chi connectivity index (χ3v) is 7.38. The van der Waals surface area contributed by atoms with Gasteiger partial charge in [-0.15, -0.1) is 0 Å². The van der Waals surface area contributed by atoms with Crippen molar-refractivity contribution >= 4 is 21.8 Å². The number of amides is 2. The molecule has 2 aliphatic heterocycles. The predicted octanol–water partition coefficient (Wildman–Crippen LogP) is 1.07. The van der Waals surface area contributed by atoms with Gasteiger partial charge in [-0.05, 0) is 37.0 Å². The van der Waals surface area contributed by atoms with Crippen LogP contribution in [0.1, 0.15) is 18.4 Å². The molecule has 0 unspecified atom stereocenters.